The highest BCUT2D eigenvalue weighted by molar-refractivity contribution is 6.19. The molecule has 0 amide bonds. The van der Waals surface area contributed by atoms with Crippen LogP contribution in [0.3, 0.4) is 0 Å². The lowest BCUT2D eigenvalue weighted by Gasteiger charge is -1.95. The molecule has 2 heteroatoms. The van der Waals surface area contributed by atoms with Gasteiger partial charge in [0.05, 0.1) is 0 Å². The van der Waals surface area contributed by atoms with Crippen molar-refractivity contribution in [2.45, 2.75) is 6.92 Å². The third kappa shape index (κ3) is 0.720. The summed E-state index contributed by atoms with van der Waals surface area (Å²) in [7, 11) is 0. The Morgan fingerprint density at radius 1 is 1.17 bits per heavy atom. The van der Waals surface area contributed by atoms with Crippen LogP contribution >= 0.6 is 0 Å². The van der Waals surface area contributed by atoms with Crippen LogP contribution in [0.25, 0.3) is 5.76 Å². The predicted molar refractivity (Wildman–Crippen MR) is 46.0 cm³/mol. The molecule has 0 aliphatic heterocycles. The van der Waals surface area contributed by atoms with E-state index < -0.39 is 0 Å². The summed E-state index contributed by atoms with van der Waals surface area (Å²) >= 11 is 0. The number of carbonyl (C=O) groups excluding carboxylic acids is 1. The molecule has 0 aromatic heterocycles. The van der Waals surface area contributed by atoms with E-state index in [0.717, 1.165) is 0 Å². The van der Waals surface area contributed by atoms with Gasteiger partial charge in [0.15, 0.2) is 5.78 Å². The standard InChI is InChI=1S/C10H8O2/c1-6-9(11)7-4-2-3-5-8(7)10(6)12/h2-5,11H,1H3. The zero-order chi connectivity index (χ0) is 8.72. The first-order valence-electron chi connectivity index (χ1n) is 3.76. The maximum atomic E-state index is 11.4. The molecule has 2 nitrogen and oxygen atoms in total. The lowest BCUT2D eigenvalue weighted by molar-refractivity contribution is 0.103. The van der Waals surface area contributed by atoms with Gasteiger partial charge in [0.2, 0.25) is 0 Å². The number of rotatable bonds is 0. The Morgan fingerprint density at radius 2 is 1.75 bits per heavy atom. The van der Waals surface area contributed by atoms with Gasteiger partial charge in [-0.2, -0.15) is 0 Å². The second-order valence-electron chi connectivity index (χ2n) is 2.85. The fourth-order valence-electron chi connectivity index (χ4n) is 1.40. The lowest BCUT2D eigenvalue weighted by Crippen LogP contribution is -1.94. The molecule has 1 aliphatic rings. The maximum Gasteiger partial charge on any atom is 0.193 e. The van der Waals surface area contributed by atoms with E-state index in [4.69, 9.17) is 0 Å². The Labute approximate surface area is 70.2 Å². The van der Waals surface area contributed by atoms with Gasteiger partial charge in [0.1, 0.15) is 5.76 Å². The second kappa shape index (κ2) is 2.21. The van der Waals surface area contributed by atoms with Gasteiger partial charge in [-0.25, -0.2) is 0 Å². The van der Waals surface area contributed by atoms with Crippen molar-refractivity contribution in [3.05, 3.63) is 41.0 Å². The molecule has 60 valence electrons. The number of allylic oxidation sites excluding steroid dienone is 1. The van der Waals surface area contributed by atoms with E-state index in [2.05, 4.69) is 0 Å². The van der Waals surface area contributed by atoms with Gasteiger partial charge in [0, 0.05) is 16.7 Å². The van der Waals surface area contributed by atoms with E-state index >= 15 is 0 Å². The number of aliphatic hydroxyl groups excluding tert-OH is 1. The Morgan fingerprint density at radius 3 is 2.33 bits per heavy atom. The molecule has 0 radical (unpaired) electrons. The molecule has 1 N–H and O–H groups in total. The number of Topliss-reactive ketones (excluding diaryl/α,β-unsaturated/α-hetero) is 1. The highest BCUT2D eigenvalue weighted by Crippen LogP contribution is 2.29. The molecule has 1 aromatic carbocycles. The van der Waals surface area contributed by atoms with Gasteiger partial charge in [0.25, 0.3) is 0 Å². The zero-order valence-electron chi connectivity index (χ0n) is 6.66. The summed E-state index contributed by atoms with van der Waals surface area (Å²) in [4.78, 5) is 11.4. The zero-order valence-corrected chi connectivity index (χ0v) is 6.66. The van der Waals surface area contributed by atoms with Crippen LogP contribution in [-0.2, 0) is 0 Å². The van der Waals surface area contributed by atoms with Gasteiger partial charge in [-0.15, -0.1) is 0 Å². The first-order valence-corrected chi connectivity index (χ1v) is 3.76. The van der Waals surface area contributed by atoms with E-state index in [1.54, 1.807) is 31.2 Å². The van der Waals surface area contributed by atoms with Crippen LogP contribution in [0.2, 0.25) is 0 Å². The van der Waals surface area contributed by atoms with E-state index in [0.29, 0.717) is 16.7 Å². The van der Waals surface area contributed by atoms with Crippen molar-refractivity contribution in [2.75, 3.05) is 0 Å². The molecule has 0 spiro atoms. The smallest absolute Gasteiger partial charge is 0.193 e. The summed E-state index contributed by atoms with van der Waals surface area (Å²) in [6, 6.07) is 7.08. The minimum absolute atomic E-state index is 0.0666. The SMILES string of the molecule is CC1=C(O)c2ccccc2C1=O. The largest absolute Gasteiger partial charge is 0.507 e. The fraction of sp³-hybridized carbons (Fsp3) is 0.100. The van der Waals surface area contributed by atoms with Crippen LogP contribution in [0.5, 0.6) is 0 Å². The van der Waals surface area contributed by atoms with Crippen molar-refractivity contribution in [2.24, 2.45) is 0 Å². The third-order valence-corrected chi connectivity index (χ3v) is 2.12. The van der Waals surface area contributed by atoms with Crippen LogP contribution in [-0.4, -0.2) is 10.9 Å². The van der Waals surface area contributed by atoms with Crippen LogP contribution in [0.4, 0.5) is 0 Å². The first-order chi connectivity index (χ1) is 5.72. The summed E-state index contributed by atoms with van der Waals surface area (Å²) in [6.45, 7) is 1.64. The molecular weight excluding hydrogens is 152 g/mol. The average molecular weight is 160 g/mol. The van der Waals surface area contributed by atoms with Crippen LogP contribution in [0.15, 0.2) is 29.8 Å². The molecule has 0 heterocycles. The highest BCUT2D eigenvalue weighted by atomic mass is 16.3. The average Bonchev–Trinajstić information content (AvgIpc) is 2.33. The third-order valence-electron chi connectivity index (χ3n) is 2.12. The molecule has 0 bridgehead atoms. The van der Waals surface area contributed by atoms with E-state index in [9.17, 15) is 9.90 Å². The summed E-state index contributed by atoms with van der Waals surface area (Å²) in [5.41, 5.74) is 1.70. The van der Waals surface area contributed by atoms with Crippen molar-refractivity contribution in [1.29, 1.82) is 0 Å². The van der Waals surface area contributed by atoms with Crippen molar-refractivity contribution in [3.63, 3.8) is 0 Å². The predicted octanol–water partition coefficient (Wildman–Crippen LogP) is 2.17. The number of benzene rings is 1. The van der Waals surface area contributed by atoms with E-state index in [1.165, 1.54) is 0 Å². The molecule has 12 heavy (non-hydrogen) atoms. The minimum atomic E-state index is -0.0666. The first kappa shape index (κ1) is 7.10. The summed E-state index contributed by atoms with van der Waals surface area (Å²) in [5.74, 6) is 0.0544. The molecular formula is C10H8O2. The molecule has 0 unspecified atom stereocenters. The number of fused-ring (bicyclic) bond motifs is 1. The molecule has 1 aromatic rings. The van der Waals surface area contributed by atoms with Gasteiger partial charge >= 0.3 is 0 Å². The molecule has 0 saturated carbocycles. The van der Waals surface area contributed by atoms with Gasteiger partial charge < -0.3 is 5.11 Å². The van der Waals surface area contributed by atoms with Crippen LogP contribution < -0.4 is 0 Å². The Bertz CT molecular complexity index is 389. The normalized spacial score (nSPS) is 15.2. The van der Waals surface area contributed by atoms with Crippen molar-refractivity contribution in [1.82, 2.24) is 0 Å². The molecule has 0 saturated heterocycles. The number of carbonyl (C=O) groups is 1. The van der Waals surface area contributed by atoms with Crippen LogP contribution in [0.1, 0.15) is 22.8 Å². The highest BCUT2D eigenvalue weighted by Gasteiger charge is 2.25. The number of hydrogen-bond donors (Lipinski definition) is 1. The Hall–Kier alpha value is -1.57. The Kier molecular flexibility index (Phi) is 1.30. The molecule has 2 rings (SSSR count). The van der Waals surface area contributed by atoms with Gasteiger partial charge in [-0.3, -0.25) is 4.79 Å². The minimum Gasteiger partial charge on any atom is -0.507 e. The van der Waals surface area contributed by atoms with E-state index in [1.807, 2.05) is 0 Å². The quantitative estimate of drug-likeness (QED) is 0.631. The number of aliphatic hydroxyl groups is 1. The summed E-state index contributed by atoms with van der Waals surface area (Å²) < 4.78 is 0. The maximum absolute atomic E-state index is 11.4. The molecule has 0 fully saturated rings. The van der Waals surface area contributed by atoms with Crippen LogP contribution in [0, 0.1) is 0 Å². The second-order valence-corrected chi connectivity index (χ2v) is 2.85. The van der Waals surface area contributed by atoms with Crippen molar-refractivity contribution < 1.29 is 9.90 Å². The fourth-order valence-corrected chi connectivity index (χ4v) is 1.40. The number of ketones is 1. The molecule has 0 atom stereocenters. The monoisotopic (exact) mass is 160 g/mol. The van der Waals surface area contributed by atoms with Crippen molar-refractivity contribution in [3.8, 4) is 0 Å². The summed E-state index contributed by atoms with van der Waals surface area (Å²) in [5, 5.41) is 9.48. The van der Waals surface area contributed by atoms with Gasteiger partial charge in [-0.05, 0) is 6.92 Å². The van der Waals surface area contributed by atoms with Crippen molar-refractivity contribution >= 4 is 11.5 Å². The van der Waals surface area contributed by atoms with E-state index in [-0.39, 0.29) is 11.5 Å². The molecule has 1 aliphatic carbocycles. The lowest BCUT2D eigenvalue weighted by atomic mass is 10.1. The summed E-state index contributed by atoms with van der Waals surface area (Å²) in [6.07, 6.45) is 0. The number of hydrogen-bond acceptors (Lipinski definition) is 2. The Balaban J connectivity index is 2.73. The van der Waals surface area contributed by atoms with Gasteiger partial charge in [-0.1, -0.05) is 24.3 Å². The topological polar surface area (TPSA) is 37.3 Å².